The van der Waals surface area contributed by atoms with Crippen LogP contribution in [0.25, 0.3) is 0 Å². The van der Waals surface area contributed by atoms with Crippen LogP contribution in [-0.4, -0.2) is 34.9 Å². The lowest BCUT2D eigenvalue weighted by Gasteiger charge is -2.22. The van der Waals surface area contributed by atoms with Gasteiger partial charge in [0.1, 0.15) is 0 Å². The fraction of sp³-hybridized carbons (Fsp3) is 0.976. The predicted octanol–water partition coefficient (Wildman–Crippen LogP) is 12.5. The SMILES string of the molecule is CCCCCCCCCCCCCCCCCCCCCCCCCCCCCCC(=O)NC(CO)C(O)CCCCCCC. The first kappa shape index (κ1) is 44.4. The van der Waals surface area contributed by atoms with Gasteiger partial charge in [0.05, 0.1) is 18.8 Å². The highest BCUT2D eigenvalue weighted by Gasteiger charge is 2.19. The van der Waals surface area contributed by atoms with Gasteiger partial charge in [-0.05, 0) is 12.8 Å². The van der Waals surface area contributed by atoms with Gasteiger partial charge >= 0.3 is 0 Å². The van der Waals surface area contributed by atoms with Crippen molar-refractivity contribution in [2.75, 3.05) is 6.61 Å². The number of hydrogen-bond acceptors (Lipinski definition) is 3. The lowest BCUT2D eigenvalue weighted by Crippen LogP contribution is -2.45. The third-order valence-electron chi connectivity index (χ3n) is 9.87. The maximum atomic E-state index is 12.2. The van der Waals surface area contributed by atoms with E-state index in [4.69, 9.17) is 0 Å². The average molecular weight is 638 g/mol. The van der Waals surface area contributed by atoms with E-state index < -0.39 is 12.1 Å². The number of aliphatic hydroxyl groups excluding tert-OH is 2. The van der Waals surface area contributed by atoms with E-state index in [0.29, 0.717) is 12.8 Å². The number of carbonyl (C=O) groups is 1. The number of aliphatic hydroxyl groups is 2. The summed E-state index contributed by atoms with van der Waals surface area (Å²) in [5, 5.41) is 22.8. The molecule has 0 aromatic rings. The smallest absolute Gasteiger partial charge is 0.220 e. The van der Waals surface area contributed by atoms with E-state index in [-0.39, 0.29) is 12.5 Å². The Bertz CT molecular complexity index is 569. The van der Waals surface area contributed by atoms with Gasteiger partial charge in [0.25, 0.3) is 0 Å². The van der Waals surface area contributed by atoms with Crippen molar-refractivity contribution < 1.29 is 15.0 Å². The molecule has 45 heavy (non-hydrogen) atoms. The van der Waals surface area contributed by atoms with Crippen molar-refractivity contribution in [2.45, 2.75) is 251 Å². The summed E-state index contributed by atoms with van der Waals surface area (Å²) in [5.74, 6) is -0.0334. The van der Waals surface area contributed by atoms with Crippen molar-refractivity contribution in [3.63, 3.8) is 0 Å². The Kier molecular flexibility index (Phi) is 37.3. The van der Waals surface area contributed by atoms with Gasteiger partial charge in [-0.3, -0.25) is 4.79 Å². The number of unbranched alkanes of at least 4 members (excludes halogenated alkanes) is 31. The van der Waals surface area contributed by atoms with Gasteiger partial charge < -0.3 is 15.5 Å². The number of hydrogen-bond donors (Lipinski definition) is 3. The van der Waals surface area contributed by atoms with E-state index in [1.54, 1.807) is 0 Å². The second-order valence-corrected chi connectivity index (χ2v) is 14.4. The molecule has 0 bridgehead atoms. The lowest BCUT2D eigenvalue weighted by molar-refractivity contribution is -0.123. The zero-order chi connectivity index (χ0) is 32.9. The molecule has 0 aliphatic heterocycles. The molecule has 0 aromatic carbocycles. The third-order valence-corrected chi connectivity index (χ3v) is 9.87. The molecule has 0 spiro atoms. The summed E-state index contributed by atoms with van der Waals surface area (Å²) in [6, 6.07) is -0.525. The Morgan fingerprint density at radius 3 is 1.00 bits per heavy atom. The molecule has 0 saturated heterocycles. The minimum Gasteiger partial charge on any atom is -0.394 e. The fourth-order valence-electron chi connectivity index (χ4n) is 6.66. The minimum absolute atomic E-state index is 0.0334. The standard InChI is InChI=1S/C41H83NO3/c1-3-5-7-9-10-11-12-13-14-15-16-17-18-19-20-21-22-23-24-25-26-27-28-29-30-31-33-35-37-41(45)42-39(38-43)40(44)36-34-32-8-6-4-2/h39-40,43-44H,3-38H2,1-2H3,(H,42,45). The molecule has 270 valence electrons. The van der Waals surface area contributed by atoms with Crippen LogP contribution in [0.5, 0.6) is 0 Å². The second kappa shape index (κ2) is 37.8. The van der Waals surface area contributed by atoms with Gasteiger partial charge in [-0.15, -0.1) is 0 Å². The highest BCUT2D eigenvalue weighted by molar-refractivity contribution is 5.76. The number of carbonyl (C=O) groups excluding carboxylic acids is 1. The van der Waals surface area contributed by atoms with E-state index >= 15 is 0 Å². The van der Waals surface area contributed by atoms with Crippen LogP contribution in [0.1, 0.15) is 239 Å². The molecule has 0 heterocycles. The van der Waals surface area contributed by atoms with Gasteiger partial charge in [0.2, 0.25) is 5.91 Å². The number of nitrogens with one attached hydrogen (secondary N) is 1. The molecule has 3 N–H and O–H groups in total. The first-order valence-electron chi connectivity index (χ1n) is 20.7. The van der Waals surface area contributed by atoms with E-state index in [1.165, 1.54) is 186 Å². The Morgan fingerprint density at radius 2 is 0.711 bits per heavy atom. The first-order valence-corrected chi connectivity index (χ1v) is 20.7. The average Bonchev–Trinajstić information content (AvgIpc) is 3.04. The molecule has 2 unspecified atom stereocenters. The van der Waals surface area contributed by atoms with E-state index in [9.17, 15) is 15.0 Å². The number of amides is 1. The molecule has 0 aliphatic carbocycles. The topological polar surface area (TPSA) is 69.6 Å². The molecule has 4 heteroatoms. The summed E-state index contributed by atoms with van der Waals surface area (Å²) < 4.78 is 0. The molecule has 2 atom stereocenters. The molecule has 0 aromatic heterocycles. The lowest BCUT2D eigenvalue weighted by atomic mass is 10.0. The van der Waals surface area contributed by atoms with Crippen LogP contribution in [0.15, 0.2) is 0 Å². The summed E-state index contributed by atoms with van der Waals surface area (Å²) >= 11 is 0. The zero-order valence-corrected chi connectivity index (χ0v) is 30.9. The summed E-state index contributed by atoms with van der Waals surface area (Å²) in [6.45, 7) is 4.30. The van der Waals surface area contributed by atoms with Crippen LogP contribution in [0.2, 0.25) is 0 Å². The van der Waals surface area contributed by atoms with E-state index in [1.807, 2.05) is 0 Å². The molecular weight excluding hydrogens is 554 g/mol. The van der Waals surface area contributed by atoms with Crippen LogP contribution < -0.4 is 5.32 Å². The number of rotatable bonds is 38. The second-order valence-electron chi connectivity index (χ2n) is 14.4. The molecule has 1 amide bonds. The van der Waals surface area contributed by atoms with Crippen molar-refractivity contribution in [3.8, 4) is 0 Å². The summed E-state index contributed by atoms with van der Waals surface area (Å²) in [4.78, 5) is 12.2. The van der Waals surface area contributed by atoms with Crippen molar-refractivity contribution in [1.82, 2.24) is 5.32 Å². The maximum Gasteiger partial charge on any atom is 0.220 e. The Morgan fingerprint density at radius 1 is 0.444 bits per heavy atom. The van der Waals surface area contributed by atoms with Gasteiger partial charge in [0, 0.05) is 6.42 Å². The monoisotopic (exact) mass is 638 g/mol. The van der Waals surface area contributed by atoms with Crippen molar-refractivity contribution in [1.29, 1.82) is 0 Å². The Labute approximate surface area is 283 Å². The summed E-state index contributed by atoms with van der Waals surface area (Å²) in [6.07, 6.45) is 45.1. The highest BCUT2D eigenvalue weighted by Crippen LogP contribution is 2.17. The van der Waals surface area contributed by atoms with Crippen LogP contribution >= 0.6 is 0 Å². The zero-order valence-electron chi connectivity index (χ0n) is 30.9. The van der Waals surface area contributed by atoms with Crippen molar-refractivity contribution >= 4 is 5.91 Å². The van der Waals surface area contributed by atoms with Crippen molar-refractivity contribution in [3.05, 3.63) is 0 Å². The molecule has 0 saturated carbocycles. The van der Waals surface area contributed by atoms with Gasteiger partial charge in [-0.25, -0.2) is 0 Å². The molecule has 4 nitrogen and oxygen atoms in total. The van der Waals surface area contributed by atoms with Gasteiger partial charge in [-0.1, -0.05) is 219 Å². The van der Waals surface area contributed by atoms with E-state index in [0.717, 1.165) is 25.7 Å². The normalized spacial score (nSPS) is 12.9. The van der Waals surface area contributed by atoms with Crippen LogP contribution in [0.3, 0.4) is 0 Å². The Hall–Kier alpha value is -0.610. The van der Waals surface area contributed by atoms with Crippen molar-refractivity contribution in [2.24, 2.45) is 0 Å². The van der Waals surface area contributed by atoms with Gasteiger partial charge in [-0.2, -0.15) is 0 Å². The highest BCUT2D eigenvalue weighted by atomic mass is 16.3. The van der Waals surface area contributed by atoms with Crippen LogP contribution in [0.4, 0.5) is 0 Å². The maximum absolute atomic E-state index is 12.2. The largest absolute Gasteiger partial charge is 0.394 e. The Balaban J connectivity index is 3.30. The van der Waals surface area contributed by atoms with Gasteiger partial charge in [0.15, 0.2) is 0 Å². The molecular formula is C41H83NO3. The van der Waals surface area contributed by atoms with Crippen LogP contribution in [-0.2, 0) is 4.79 Å². The van der Waals surface area contributed by atoms with Crippen LogP contribution in [0, 0.1) is 0 Å². The quantitative estimate of drug-likeness (QED) is 0.0590. The predicted molar refractivity (Wildman–Crippen MR) is 198 cm³/mol. The third kappa shape index (κ3) is 34.5. The molecule has 0 rings (SSSR count). The van der Waals surface area contributed by atoms with E-state index in [2.05, 4.69) is 19.2 Å². The molecule has 0 aliphatic rings. The molecule has 0 radical (unpaired) electrons. The summed E-state index contributed by atoms with van der Waals surface area (Å²) in [5.41, 5.74) is 0. The summed E-state index contributed by atoms with van der Waals surface area (Å²) in [7, 11) is 0. The molecule has 0 fully saturated rings. The first-order chi connectivity index (χ1) is 22.2. The fourth-order valence-corrected chi connectivity index (χ4v) is 6.66. The minimum atomic E-state index is -0.649.